The monoisotopic (exact) mass is 271 g/mol. The topological polar surface area (TPSA) is 53.7 Å². The molecule has 0 fully saturated rings. The van der Waals surface area contributed by atoms with Crippen LogP contribution in [0, 0.1) is 0 Å². The van der Waals surface area contributed by atoms with Crippen molar-refractivity contribution in [3.63, 3.8) is 0 Å². The van der Waals surface area contributed by atoms with E-state index in [1.165, 1.54) is 0 Å². The highest BCUT2D eigenvalue weighted by atomic mass is 35.5. The average molecular weight is 272 g/mol. The van der Waals surface area contributed by atoms with Gasteiger partial charge in [-0.25, -0.2) is 0 Å². The second-order valence-corrected chi connectivity index (χ2v) is 4.53. The molecule has 0 aromatic heterocycles. The summed E-state index contributed by atoms with van der Waals surface area (Å²) >= 11 is 6.29. The molecule has 4 nitrogen and oxygen atoms in total. The van der Waals surface area contributed by atoms with Crippen LogP contribution >= 0.6 is 11.6 Å². The molecule has 0 unspecified atom stereocenters. The van der Waals surface area contributed by atoms with Crippen LogP contribution in [0.3, 0.4) is 0 Å². The van der Waals surface area contributed by atoms with Gasteiger partial charge in [-0.3, -0.25) is 0 Å². The number of nitrogens with two attached hydrogens (primary N) is 1. The third kappa shape index (κ3) is 2.65. The maximum atomic E-state index is 6.29. The number of benzene rings is 1. The summed E-state index contributed by atoms with van der Waals surface area (Å²) in [5.41, 5.74) is 6.54. The molecular weight excluding hydrogens is 254 g/mol. The number of methoxy groups -OCH3 is 1. The number of fused-ring (bicyclic) bond motifs is 1. The van der Waals surface area contributed by atoms with Crippen molar-refractivity contribution in [2.45, 2.75) is 19.3 Å². The zero-order valence-electron chi connectivity index (χ0n) is 10.5. The van der Waals surface area contributed by atoms with Gasteiger partial charge in [-0.1, -0.05) is 11.6 Å². The Morgan fingerprint density at radius 3 is 2.83 bits per heavy atom. The lowest BCUT2D eigenvalue weighted by atomic mass is 10.1. The normalized spacial score (nSPS) is 13.5. The van der Waals surface area contributed by atoms with Crippen molar-refractivity contribution >= 4 is 11.6 Å². The molecule has 0 saturated carbocycles. The Morgan fingerprint density at radius 1 is 1.33 bits per heavy atom. The number of ether oxygens (including phenoxy) is 3. The minimum Gasteiger partial charge on any atom is -0.495 e. The van der Waals surface area contributed by atoms with Gasteiger partial charge in [-0.15, -0.1) is 0 Å². The molecule has 0 bridgehead atoms. The number of hydrogen-bond acceptors (Lipinski definition) is 4. The zero-order valence-corrected chi connectivity index (χ0v) is 11.3. The number of unbranched alkanes of at least 4 members (excludes halogenated alkanes) is 1. The summed E-state index contributed by atoms with van der Waals surface area (Å²) < 4.78 is 16.5. The Hall–Kier alpha value is -1.13. The van der Waals surface area contributed by atoms with Crippen LogP contribution in [0.4, 0.5) is 0 Å². The van der Waals surface area contributed by atoms with Gasteiger partial charge in [0, 0.05) is 0 Å². The second-order valence-electron chi connectivity index (χ2n) is 4.15. The van der Waals surface area contributed by atoms with Crippen LogP contribution in [0.5, 0.6) is 17.2 Å². The largest absolute Gasteiger partial charge is 0.495 e. The third-order valence-corrected chi connectivity index (χ3v) is 3.25. The lowest BCUT2D eigenvalue weighted by Crippen LogP contribution is -2.16. The maximum Gasteiger partial charge on any atom is 0.183 e. The van der Waals surface area contributed by atoms with E-state index in [4.69, 9.17) is 31.5 Å². The van der Waals surface area contributed by atoms with Gasteiger partial charge in [-0.05, 0) is 37.4 Å². The van der Waals surface area contributed by atoms with Crippen molar-refractivity contribution in [2.24, 2.45) is 5.73 Å². The maximum absolute atomic E-state index is 6.29. The summed E-state index contributed by atoms with van der Waals surface area (Å²) in [5.74, 6) is 1.97. The molecule has 0 saturated heterocycles. The molecule has 0 aliphatic carbocycles. The average Bonchev–Trinajstić information content (AvgIpc) is 2.39. The minimum atomic E-state index is 0.498. The number of halogens is 1. The van der Waals surface area contributed by atoms with Gasteiger partial charge in [-0.2, -0.15) is 0 Å². The van der Waals surface area contributed by atoms with E-state index in [1.54, 1.807) is 7.11 Å². The predicted molar refractivity (Wildman–Crippen MR) is 71.0 cm³/mol. The summed E-state index contributed by atoms with van der Waals surface area (Å²) in [6.45, 7) is 1.76. The van der Waals surface area contributed by atoms with E-state index in [0.29, 0.717) is 42.0 Å². The molecule has 0 radical (unpaired) electrons. The first-order valence-electron chi connectivity index (χ1n) is 6.13. The van der Waals surface area contributed by atoms with Gasteiger partial charge in [0.1, 0.15) is 24.0 Å². The van der Waals surface area contributed by atoms with Crippen LogP contribution in [0.25, 0.3) is 0 Å². The quantitative estimate of drug-likeness (QED) is 0.836. The van der Waals surface area contributed by atoms with Gasteiger partial charge in [0.05, 0.1) is 7.11 Å². The summed E-state index contributed by atoms with van der Waals surface area (Å²) in [7, 11) is 1.61. The SMILES string of the molecule is COc1c(CCCCN)cc2c(c1Cl)OCCO2. The molecule has 1 heterocycles. The van der Waals surface area contributed by atoms with Gasteiger partial charge in [0.2, 0.25) is 0 Å². The molecule has 5 heteroatoms. The Bertz CT molecular complexity index is 423. The Kier molecular flexibility index (Phi) is 4.55. The fourth-order valence-electron chi connectivity index (χ4n) is 2.04. The minimum absolute atomic E-state index is 0.498. The first-order chi connectivity index (χ1) is 8.77. The standard InChI is InChI=1S/C13H18ClNO3/c1-16-12-9(4-2-3-5-15)8-10-13(11(12)14)18-7-6-17-10/h8H,2-7,15H2,1H3. The molecule has 18 heavy (non-hydrogen) atoms. The van der Waals surface area contributed by atoms with Crippen LogP contribution in [0.2, 0.25) is 5.02 Å². The predicted octanol–water partition coefficient (Wildman–Crippen LogP) is 2.40. The molecular formula is C13H18ClNO3. The van der Waals surface area contributed by atoms with Gasteiger partial charge >= 0.3 is 0 Å². The fourth-order valence-corrected chi connectivity index (χ4v) is 2.39. The van der Waals surface area contributed by atoms with E-state index in [9.17, 15) is 0 Å². The Balaban J connectivity index is 2.30. The highest BCUT2D eigenvalue weighted by Crippen LogP contribution is 2.45. The van der Waals surface area contributed by atoms with E-state index in [2.05, 4.69) is 0 Å². The van der Waals surface area contributed by atoms with Crippen molar-refractivity contribution in [3.8, 4) is 17.2 Å². The summed E-state index contributed by atoms with van der Waals surface area (Å²) in [6, 6.07) is 1.95. The smallest absolute Gasteiger partial charge is 0.183 e. The Labute approximate surface area is 112 Å². The van der Waals surface area contributed by atoms with E-state index < -0.39 is 0 Å². The lowest BCUT2D eigenvalue weighted by Gasteiger charge is -2.22. The van der Waals surface area contributed by atoms with Crippen molar-refractivity contribution in [2.75, 3.05) is 26.9 Å². The fraction of sp³-hybridized carbons (Fsp3) is 0.538. The Morgan fingerprint density at radius 2 is 2.11 bits per heavy atom. The first-order valence-corrected chi connectivity index (χ1v) is 6.50. The molecule has 100 valence electrons. The summed E-state index contributed by atoms with van der Waals surface area (Å²) in [4.78, 5) is 0. The summed E-state index contributed by atoms with van der Waals surface area (Å²) in [6.07, 6.45) is 2.86. The molecule has 1 aromatic carbocycles. The van der Waals surface area contributed by atoms with Gasteiger partial charge in [0.25, 0.3) is 0 Å². The van der Waals surface area contributed by atoms with Crippen molar-refractivity contribution in [1.29, 1.82) is 0 Å². The van der Waals surface area contributed by atoms with Crippen LogP contribution in [0.1, 0.15) is 18.4 Å². The third-order valence-electron chi connectivity index (χ3n) is 2.91. The molecule has 2 rings (SSSR count). The number of hydrogen-bond donors (Lipinski definition) is 1. The molecule has 1 aliphatic rings. The second kappa shape index (κ2) is 6.16. The van der Waals surface area contributed by atoms with Crippen LogP contribution in [0.15, 0.2) is 6.07 Å². The van der Waals surface area contributed by atoms with Crippen molar-refractivity contribution < 1.29 is 14.2 Å². The van der Waals surface area contributed by atoms with Crippen molar-refractivity contribution in [3.05, 3.63) is 16.7 Å². The number of rotatable bonds is 5. The number of aryl methyl sites for hydroxylation is 1. The van der Waals surface area contributed by atoms with Crippen LogP contribution in [-0.4, -0.2) is 26.9 Å². The molecule has 0 atom stereocenters. The molecule has 0 amide bonds. The van der Waals surface area contributed by atoms with E-state index in [1.807, 2.05) is 6.07 Å². The first kappa shape index (κ1) is 13.3. The highest BCUT2D eigenvalue weighted by Gasteiger charge is 2.22. The molecule has 1 aromatic rings. The van der Waals surface area contributed by atoms with Gasteiger partial charge in [0.15, 0.2) is 11.5 Å². The molecule has 0 spiro atoms. The molecule has 1 aliphatic heterocycles. The highest BCUT2D eigenvalue weighted by molar-refractivity contribution is 6.34. The molecule has 2 N–H and O–H groups in total. The van der Waals surface area contributed by atoms with Crippen LogP contribution in [-0.2, 0) is 6.42 Å². The van der Waals surface area contributed by atoms with E-state index in [-0.39, 0.29) is 0 Å². The van der Waals surface area contributed by atoms with E-state index >= 15 is 0 Å². The summed E-state index contributed by atoms with van der Waals surface area (Å²) in [5, 5.41) is 0.498. The van der Waals surface area contributed by atoms with E-state index in [0.717, 1.165) is 24.8 Å². The van der Waals surface area contributed by atoms with Crippen LogP contribution < -0.4 is 19.9 Å². The van der Waals surface area contributed by atoms with Gasteiger partial charge < -0.3 is 19.9 Å². The zero-order chi connectivity index (χ0) is 13.0. The van der Waals surface area contributed by atoms with Crippen molar-refractivity contribution in [1.82, 2.24) is 0 Å². The lowest BCUT2D eigenvalue weighted by molar-refractivity contribution is 0.170.